The van der Waals surface area contributed by atoms with E-state index < -0.39 is 12.2 Å². The molecule has 0 saturated heterocycles. The van der Waals surface area contributed by atoms with Crippen LogP contribution in [0.2, 0.25) is 0 Å². The van der Waals surface area contributed by atoms with Crippen molar-refractivity contribution < 1.29 is 13.2 Å². The van der Waals surface area contributed by atoms with Crippen molar-refractivity contribution in [3.63, 3.8) is 0 Å². The van der Waals surface area contributed by atoms with E-state index in [1.165, 1.54) is 0 Å². The van der Waals surface area contributed by atoms with Gasteiger partial charge in [-0.1, -0.05) is 0 Å². The summed E-state index contributed by atoms with van der Waals surface area (Å²) in [6.07, 6.45) is -4.34. The van der Waals surface area contributed by atoms with Crippen LogP contribution in [-0.4, -0.2) is 6.18 Å². The highest BCUT2D eigenvalue weighted by Gasteiger charge is 2.39. The Labute approximate surface area is 72.0 Å². The first-order valence-electron chi connectivity index (χ1n) is 3.29. The SMILES string of the molecule is Cc1ccsc1[C@@H](N)C(F)(F)F. The minimum atomic E-state index is -4.34. The summed E-state index contributed by atoms with van der Waals surface area (Å²) in [5.41, 5.74) is 5.60. The van der Waals surface area contributed by atoms with Crippen molar-refractivity contribution in [1.82, 2.24) is 0 Å². The van der Waals surface area contributed by atoms with E-state index >= 15 is 0 Å². The normalized spacial score (nSPS) is 14.8. The van der Waals surface area contributed by atoms with Crippen molar-refractivity contribution in [2.24, 2.45) is 5.73 Å². The minimum absolute atomic E-state index is 0.197. The van der Waals surface area contributed by atoms with Crippen molar-refractivity contribution in [3.8, 4) is 0 Å². The predicted octanol–water partition coefficient (Wildman–Crippen LogP) is 2.62. The molecular formula is C7H8F3NS. The highest BCUT2D eigenvalue weighted by atomic mass is 32.1. The van der Waals surface area contributed by atoms with Crippen molar-refractivity contribution in [1.29, 1.82) is 0 Å². The van der Waals surface area contributed by atoms with Crippen LogP contribution in [0.4, 0.5) is 13.2 Å². The van der Waals surface area contributed by atoms with Crippen LogP contribution in [0.15, 0.2) is 11.4 Å². The van der Waals surface area contributed by atoms with Crippen LogP contribution in [0.1, 0.15) is 16.5 Å². The molecule has 0 aliphatic heterocycles. The van der Waals surface area contributed by atoms with Gasteiger partial charge in [-0.3, -0.25) is 0 Å². The van der Waals surface area contributed by atoms with Crippen LogP contribution >= 0.6 is 11.3 Å². The smallest absolute Gasteiger partial charge is 0.316 e. The second kappa shape index (κ2) is 3.06. The standard InChI is InChI=1S/C7H8F3NS/c1-4-2-3-12-5(4)6(11)7(8,9)10/h2-3,6H,11H2,1H3/t6-/m1/s1. The van der Waals surface area contributed by atoms with Crippen molar-refractivity contribution in [2.75, 3.05) is 0 Å². The Morgan fingerprint density at radius 3 is 2.42 bits per heavy atom. The van der Waals surface area contributed by atoms with Gasteiger partial charge in [-0.15, -0.1) is 11.3 Å². The average Bonchev–Trinajstić information content (AvgIpc) is 2.31. The number of halogens is 3. The van der Waals surface area contributed by atoms with Gasteiger partial charge < -0.3 is 5.73 Å². The van der Waals surface area contributed by atoms with E-state index in [2.05, 4.69) is 0 Å². The molecule has 1 aromatic heterocycles. The van der Waals surface area contributed by atoms with Crippen molar-refractivity contribution in [3.05, 3.63) is 21.9 Å². The summed E-state index contributed by atoms with van der Waals surface area (Å²) in [5.74, 6) is 0. The lowest BCUT2D eigenvalue weighted by atomic mass is 10.2. The molecule has 1 atom stereocenters. The van der Waals surface area contributed by atoms with Crippen molar-refractivity contribution >= 4 is 11.3 Å². The molecule has 2 N–H and O–H groups in total. The Balaban J connectivity index is 2.92. The van der Waals surface area contributed by atoms with Crippen LogP contribution in [0.5, 0.6) is 0 Å². The molecule has 0 radical (unpaired) electrons. The summed E-state index contributed by atoms with van der Waals surface area (Å²) in [4.78, 5) is 0.197. The third-order valence-corrected chi connectivity index (χ3v) is 2.64. The number of thiophene rings is 1. The number of aryl methyl sites for hydroxylation is 1. The fourth-order valence-corrected chi connectivity index (χ4v) is 1.80. The maximum Gasteiger partial charge on any atom is 0.408 e. The maximum absolute atomic E-state index is 12.1. The second-order valence-corrected chi connectivity index (χ2v) is 3.43. The summed E-state index contributed by atoms with van der Waals surface area (Å²) >= 11 is 1.04. The Bertz CT molecular complexity index is 266. The van der Waals surface area contributed by atoms with Gasteiger partial charge in [0.2, 0.25) is 0 Å². The molecule has 0 aliphatic carbocycles. The number of hydrogen-bond donors (Lipinski definition) is 1. The van der Waals surface area contributed by atoms with Crippen molar-refractivity contribution in [2.45, 2.75) is 19.1 Å². The summed E-state index contributed by atoms with van der Waals surface area (Å²) < 4.78 is 36.2. The monoisotopic (exact) mass is 195 g/mol. The molecule has 0 spiro atoms. The van der Waals surface area contributed by atoms with Gasteiger partial charge >= 0.3 is 6.18 Å². The molecule has 0 saturated carbocycles. The largest absolute Gasteiger partial charge is 0.408 e. The molecule has 5 heteroatoms. The Morgan fingerprint density at radius 2 is 2.08 bits per heavy atom. The fourth-order valence-electron chi connectivity index (χ4n) is 0.852. The Hall–Kier alpha value is -0.550. The first-order valence-corrected chi connectivity index (χ1v) is 4.17. The first-order chi connectivity index (χ1) is 5.43. The molecule has 12 heavy (non-hydrogen) atoms. The van der Waals surface area contributed by atoms with Gasteiger partial charge in [0, 0.05) is 4.88 Å². The van der Waals surface area contributed by atoms with Gasteiger partial charge in [0.15, 0.2) is 0 Å². The quantitative estimate of drug-likeness (QED) is 0.732. The lowest BCUT2D eigenvalue weighted by Gasteiger charge is -2.14. The van der Waals surface area contributed by atoms with Gasteiger partial charge in [-0.2, -0.15) is 13.2 Å². The predicted molar refractivity (Wildman–Crippen MR) is 42.0 cm³/mol. The lowest BCUT2D eigenvalue weighted by Crippen LogP contribution is -2.28. The molecule has 0 aromatic carbocycles. The molecule has 68 valence electrons. The fraction of sp³-hybridized carbons (Fsp3) is 0.429. The van der Waals surface area contributed by atoms with Crippen LogP contribution < -0.4 is 5.73 Å². The number of nitrogens with two attached hydrogens (primary N) is 1. The zero-order valence-electron chi connectivity index (χ0n) is 6.35. The zero-order valence-corrected chi connectivity index (χ0v) is 7.17. The summed E-state index contributed by atoms with van der Waals surface area (Å²) in [7, 11) is 0. The number of rotatable bonds is 1. The molecule has 1 nitrogen and oxygen atoms in total. The number of hydrogen-bond acceptors (Lipinski definition) is 2. The molecule has 0 aliphatic rings. The summed E-state index contributed by atoms with van der Waals surface area (Å²) in [6, 6.07) is -0.205. The second-order valence-electron chi connectivity index (χ2n) is 2.49. The molecule has 1 aromatic rings. The molecule has 1 rings (SSSR count). The van der Waals surface area contributed by atoms with E-state index in [-0.39, 0.29) is 4.88 Å². The molecule has 1 heterocycles. The topological polar surface area (TPSA) is 26.0 Å². The summed E-state index contributed by atoms with van der Waals surface area (Å²) in [6.45, 7) is 1.62. The van der Waals surface area contributed by atoms with Gasteiger partial charge in [0.25, 0.3) is 0 Å². The van der Waals surface area contributed by atoms with E-state index in [0.29, 0.717) is 5.56 Å². The Kier molecular flexibility index (Phi) is 2.44. The molecule has 0 fully saturated rings. The third-order valence-electron chi connectivity index (χ3n) is 1.54. The van der Waals surface area contributed by atoms with Crippen LogP contribution in [0.25, 0.3) is 0 Å². The van der Waals surface area contributed by atoms with E-state index in [0.717, 1.165) is 11.3 Å². The minimum Gasteiger partial charge on any atom is -0.316 e. The average molecular weight is 195 g/mol. The highest BCUT2D eigenvalue weighted by molar-refractivity contribution is 7.10. The molecule has 0 unspecified atom stereocenters. The van der Waals surface area contributed by atoms with Gasteiger partial charge in [0.05, 0.1) is 0 Å². The zero-order chi connectivity index (χ0) is 9.35. The van der Waals surface area contributed by atoms with Crippen LogP contribution in [-0.2, 0) is 0 Å². The Morgan fingerprint density at radius 1 is 1.50 bits per heavy atom. The van der Waals surface area contributed by atoms with Gasteiger partial charge in [0.1, 0.15) is 6.04 Å². The van der Waals surface area contributed by atoms with Gasteiger partial charge in [-0.25, -0.2) is 0 Å². The molecule has 0 amide bonds. The number of alkyl halides is 3. The lowest BCUT2D eigenvalue weighted by molar-refractivity contribution is -0.148. The van der Waals surface area contributed by atoms with Crippen LogP contribution in [0, 0.1) is 6.92 Å². The van der Waals surface area contributed by atoms with E-state index in [1.807, 2.05) is 0 Å². The first kappa shape index (κ1) is 9.54. The third kappa shape index (κ3) is 1.78. The van der Waals surface area contributed by atoms with Crippen LogP contribution in [0.3, 0.4) is 0 Å². The molecule has 0 bridgehead atoms. The molecular weight excluding hydrogens is 187 g/mol. The summed E-state index contributed by atoms with van der Waals surface area (Å²) in [5, 5.41) is 1.61. The van der Waals surface area contributed by atoms with Gasteiger partial charge in [-0.05, 0) is 23.9 Å². The van der Waals surface area contributed by atoms with E-state index in [9.17, 15) is 13.2 Å². The maximum atomic E-state index is 12.1. The van der Waals surface area contributed by atoms with E-state index in [1.54, 1.807) is 18.4 Å². The van der Waals surface area contributed by atoms with E-state index in [4.69, 9.17) is 5.73 Å². The highest BCUT2D eigenvalue weighted by Crippen LogP contribution is 2.34.